The normalized spacial score (nSPS) is 13.8. The Morgan fingerprint density at radius 3 is 2.78 bits per heavy atom. The molecule has 1 amide bonds. The van der Waals surface area contributed by atoms with Crippen LogP contribution in [0.15, 0.2) is 18.2 Å². The Balaban J connectivity index is 1.86. The van der Waals surface area contributed by atoms with Crippen LogP contribution in [0, 0.1) is 11.6 Å². The van der Waals surface area contributed by atoms with Gasteiger partial charge < -0.3 is 14.7 Å². The van der Waals surface area contributed by atoms with Gasteiger partial charge in [0.25, 0.3) is 5.91 Å². The van der Waals surface area contributed by atoms with E-state index >= 15 is 0 Å². The molecular formula is C18H19F2N3O4. The molecule has 3 rings (SSSR count). The highest BCUT2D eigenvalue weighted by molar-refractivity contribution is 5.97. The Labute approximate surface area is 154 Å². The second-order valence-electron chi connectivity index (χ2n) is 6.26. The van der Waals surface area contributed by atoms with E-state index in [-0.39, 0.29) is 25.1 Å². The number of fused-ring (bicyclic) bond motifs is 1. The van der Waals surface area contributed by atoms with Gasteiger partial charge in [0, 0.05) is 19.5 Å². The molecule has 0 saturated heterocycles. The van der Waals surface area contributed by atoms with Crippen molar-refractivity contribution >= 4 is 11.9 Å². The molecule has 9 heteroatoms. The minimum Gasteiger partial charge on any atom is -0.496 e. The number of hydrogen-bond acceptors (Lipinski definition) is 4. The van der Waals surface area contributed by atoms with Gasteiger partial charge in [-0.2, -0.15) is 5.10 Å². The van der Waals surface area contributed by atoms with Gasteiger partial charge in [0.1, 0.15) is 11.3 Å². The Kier molecular flexibility index (Phi) is 5.38. The number of amides is 1. The van der Waals surface area contributed by atoms with Crippen molar-refractivity contribution in [2.75, 3.05) is 13.7 Å². The number of carbonyl (C=O) groups is 2. The molecular weight excluding hydrogens is 360 g/mol. The second kappa shape index (κ2) is 7.73. The van der Waals surface area contributed by atoms with E-state index in [1.54, 1.807) is 10.7 Å². The van der Waals surface area contributed by atoms with Crippen LogP contribution in [-0.2, 0) is 24.3 Å². The van der Waals surface area contributed by atoms with Crippen LogP contribution >= 0.6 is 0 Å². The summed E-state index contributed by atoms with van der Waals surface area (Å²) in [5.74, 6) is -3.96. The number of halogens is 2. The number of carbonyl (C=O) groups excluding carboxylic acids is 1. The van der Waals surface area contributed by atoms with Crippen LogP contribution in [0.1, 0.15) is 34.6 Å². The molecule has 1 aromatic heterocycles. The van der Waals surface area contributed by atoms with Crippen molar-refractivity contribution in [1.82, 2.24) is 14.7 Å². The second-order valence-corrected chi connectivity index (χ2v) is 6.26. The number of carboxylic acids is 1. The zero-order valence-corrected chi connectivity index (χ0v) is 14.7. The van der Waals surface area contributed by atoms with Crippen LogP contribution in [0.5, 0.6) is 5.75 Å². The molecule has 27 heavy (non-hydrogen) atoms. The van der Waals surface area contributed by atoms with Gasteiger partial charge in [-0.15, -0.1) is 0 Å². The highest BCUT2D eigenvalue weighted by atomic mass is 19.2. The summed E-state index contributed by atoms with van der Waals surface area (Å²) in [6.07, 6.45) is 0.832. The van der Waals surface area contributed by atoms with Crippen molar-refractivity contribution in [3.63, 3.8) is 0 Å². The summed E-state index contributed by atoms with van der Waals surface area (Å²) in [6.45, 7) is 1.07. The van der Waals surface area contributed by atoms with Crippen LogP contribution in [0.4, 0.5) is 8.78 Å². The van der Waals surface area contributed by atoms with Crippen molar-refractivity contribution < 1.29 is 28.2 Å². The number of ether oxygens (including phenoxy) is 1. The lowest BCUT2D eigenvalue weighted by molar-refractivity contribution is -0.136. The molecule has 1 N–H and O–H groups in total. The Morgan fingerprint density at radius 2 is 2.07 bits per heavy atom. The highest BCUT2D eigenvalue weighted by Gasteiger charge is 2.28. The summed E-state index contributed by atoms with van der Waals surface area (Å²) in [4.78, 5) is 25.0. The Bertz CT molecular complexity index is 882. The van der Waals surface area contributed by atoms with Crippen molar-refractivity contribution in [3.8, 4) is 5.75 Å². The van der Waals surface area contributed by atoms with Gasteiger partial charge in [0.15, 0.2) is 11.6 Å². The number of methoxy groups -OCH3 is 1. The Hall–Kier alpha value is -2.97. The summed E-state index contributed by atoms with van der Waals surface area (Å²) >= 11 is 0. The molecule has 1 aliphatic heterocycles. The van der Waals surface area contributed by atoms with Gasteiger partial charge in [-0.05, 0) is 24.6 Å². The number of aliphatic carboxylic acids is 1. The molecule has 0 fully saturated rings. The quantitative estimate of drug-likeness (QED) is 0.861. The summed E-state index contributed by atoms with van der Waals surface area (Å²) < 4.78 is 34.6. The zero-order chi connectivity index (χ0) is 19.6. The predicted molar refractivity (Wildman–Crippen MR) is 90.5 cm³/mol. The van der Waals surface area contributed by atoms with E-state index in [4.69, 9.17) is 9.84 Å². The summed E-state index contributed by atoms with van der Waals surface area (Å²) in [5, 5.41) is 13.2. The monoisotopic (exact) mass is 379 g/mol. The maximum atomic E-state index is 14.3. The lowest BCUT2D eigenvalue weighted by Crippen LogP contribution is -2.32. The van der Waals surface area contributed by atoms with E-state index in [1.165, 1.54) is 18.1 Å². The van der Waals surface area contributed by atoms with Crippen LogP contribution in [0.2, 0.25) is 0 Å². The third-order valence-electron chi connectivity index (χ3n) is 4.44. The highest BCUT2D eigenvalue weighted by Crippen LogP contribution is 2.27. The molecule has 0 bridgehead atoms. The van der Waals surface area contributed by atoms with Crippen LogP contribution in [0.25, 0.3) is 0 Å². The SMILES string of the molecule is COc1ccc(F)c(F)c1C(=O)N1CCCn2nc(CCC(=O)O)cc2C1. The average Bonchev–Trinajstić information content (AvgIpc) is 2.91. The minimum absolute atomic E-state index is 0.0289. The first-order valence-corrected chi connectivity index (χ1v) is 8.49. The van der Waals surface area contributed by atoms with Gasteiger partial charge in [-0.1, -0.05) is 0 Å². The van der Waals surface area contributed by atoms with Crippen LogP contribution in [0.3, 0.4) is 0 Å². The van der Waals surface area contributed by atoms with E-state index < -0.39 is 29.1 Å². The standard InChI is InChI=1S/C18H19F2N3O4/c1-27-14-5-4-13(19)17(20)16(14)18(26)22-7-2-8-23-12(10-22)9-11(21-23)3-6-15(24)25/h4-5,9H,2-3,6-8,10H2,1H3,(H,24,25). The van der Waals surface area contributed by atoms with Gasteiger partial charge >= 0.3 is 5.97 Å². The van der Waals surface area contributed by atoms with E-state index in [9.17, 15) is 18.4 Å². The first-order chi connectivity index (χ1) is 12.9. The number of aryl methyl sites for hydroxylation is 2. The summed E-state index contributed by atoms with van der Waals surface area (Å²) in [7, 11) is 1.29. The predicted octanol–water partition coefficient (Wildman–Crippen LogP) is 2.23. The fraction of sp³-hybridized carbons (Fsp3) is 0.389. The first kappa shape index (κ1) is 18.8. The van der Waals surface area contributed by atoms with Gasteiger partial charge in [-0.3, -0.25) is 14.3 Å². The molecule has 144 valence electrons. The molecule has 2 heterocycles. The number of carboxylic acid groups (broad SMARTS) is 1. The zero-order valence-electron chi connectivity index (χ0n) is 14.7. The smallest absolute Gasteiger partial charge is 0.303 e. The number of hydrogen-bond donors (Lipinski definition) is 1. The fourth-order valence-corrected chi connectivity index (χ4v) is 3.11. The van der Waals surface area contributed by atoms with E-state index in [0.717, 1.165) is 11.8 Å². The molecule has 0 unspecified atom stereocenters. The van der Waals surface area contributed by atoms with Crippen molar-refractivity contribution in [3.05, 3.63) is 46.8 Å². The number of benzene rings is 1. The number of rotatable bonds is 5. The van der Waals surface area contributed by atoms with Gasteiger partial charge in [-0.25, -0.2) is 8.78 Å². The third kappa shape index (κ3) is 3.91. The van der Waals surface area contributed by atoms with E-state index in [2.05, 4.69) is 5.10 Å². The van der Waals surface area contributed by atoms with Crippen molar-refractivity contribution in [2.45, 2.75) is 32.4 Å². The maximum absolute atomic E-state index is 14.3. The average molecular weight is 379 g/mol. The van der Waals surface area contributed by atoms with Crippen LogP contribution < -0.4 is 4.74 Å². The van der Waals surface area contributed by atoms with E-state index in [1.807, 2.05) is 0 Å². The largest absolute Gasteiger partial charge is 0.496 e. The lowest BCUT2D eigenvalue weighted by Gasteiger charge is -2.21. The molecule has 1 aliphatic rings. The maximum Gasteiger partial charge on any atom is 0.303 e. The third-order valence-corrected chi connectivity index (χ3v) is 4.44. The van der Waals surface area contributed by atoms with Crippen molar-refractivity contribution in [1.29, 1.82) is 0 Å². The topological polar surface area (TPSA) is 84.7 Å². The molecule has 0 saturated carbocycles. The van der Waals surface area contributed by atoms with Gasteiger partial charge in [0.05, 0.1) is 31.5 Å². The molecule has 0 atom stereocenters. The summed E-state index contributed by atoms with van der Waals surface area (Å²) in [6, 6.07) is 3.88. The van der Waals surface area contributed by atoms with Gasteiger partial charge in [0.2, 0.25) is 0 Å². The molecule has 2 aromatic rings. The number of aromatic nitrogens is 2. The molecule has 0 aliphatic carbocycles. The molecule has 0 radical (unpaired) electrons. The number of nitrogens with zero attached hydrogens (tertiary/aromatic N) is 3. The van der Waals surface area contributed by atoms with Crippen LogP contribution in [-0.4, -0.2) is 45.3 Å². The minimum atomic E-state index is -1.24. The summed E-state index contributed by atoms with van der Waals surface area (Å²) in [5.41, 5.74) is 0.907. The molecule has 7 nitrogen and oxygen atoms in total. The lowest BCUT2D eigenvalue weighted by atomic mass is 10.1. The van der Waals surface area contributed by atoms with Crippen molar-refractivity contribution in [2.24, 2.45) is 0 Å². The Morgan fingerprint density at radius 1 is 1.30 bits per heavy atom. The first-order valence-electron chi connectivity index (χ1n) is 8.49. The molecule has 0 spiro atoms. The van der Waals surface area contributed by atoms with E-state index in [0.29, 0.717) is 25.2 Å². The fourth-order valence-electron chi connectivity index (χ4n) is 3.11. The molecule has 1 aromatic carbocycles.